The predicted octanol–water partition coefficient (Wildman–Crippen LogP) is -0.444. The number of methoxy groups -OCH3 is 2. The second kappa shape index (κ2) is 8.45. The minimum atomic E-state index is -0.781. The van der Waals surface area contributed by atoms with Crippen LogP contribution in [0.2, 0.25) is 5.02 Å². The van der Waals surface area contributed by atoms with Gasteiger partial charge in [0.1, 0.15) is 11.5 Å². The molecule has 1 rings (SSSR count). The van der Waals surface area contributed by atoms with Gasteiger partial charge < -0.3 is 25.0 Å². The second-order valence-electron chi connectivity index (χ2n) is 4.85. The molecule has 0 fully saturated rings. The monoisotopic (exact) mass is 330 g/mol. The number of halogens is 1. The Bertz CT molecular complexity index is 549. The van der Waals surface area contributed by atoms with Crippen molar-refractivity contribution in [2.24, 2.45) is 0 Å². The van der Waals surface area contributed by atoms with E-state index in [9.17, 15) is 9.59 Å². The van der Waals surface area contributed by atoms with Crippen LogP contribution in [0.3, 0.4) is 0 Å². The van der Waals surface area contributed by atoms with Gasteiger partial charge in [-0.3, -0.25) is 9.59 Å². The third-order valence-corrected chi connectivity index (χ3v) is 3.13. The number of ether oxygens (including phenoxy) is 2. The molecule has 0 saturated carbocycles. The first kappa shape index (κ1) is 18.1. The molecule has 0 unspecified atom stereocenters. The summed E-state index contributed by atoms with van der Waals surface area (Å²) in [6.07, 6.45) is 0. The molecule has 0 aliphatic carbocycles. The van der Waals surface area contributed by atoms with E-state index in [0.717, 1.165) is 6.54 Å². The summed E-state index contributed by atoms with van der Waals surface area (Å²) in [4.78, 5) is 24.8. The molecule has 0 aliphatic rings. The Kier molecular flexibility index (Phi) is 6.94. The first-order valence-electron chi connectivity index (χ1n) is 6.68. The Balaban J connectivity index is 2.76. The summed E-state index contributed by atoms with van der Waals surface area (Å²) < 4.78 is 10.2. The number of anilines is 1. The van der Waals surface area contributed by atoms with Crippen molar-refractivity contribution >= 4 is 29.1 Å². The summed E-state index contributed by atoms with van der Waals surface area (Å²) in [5, 5.41) is 5.36. The van der Waals surface area contributed by atoms with Crippen molar-refractivity contribution in [3.63, 3.8) is 0 Å². The van der Waals surface area contributed by atoms with Crippen molar-refractivity contribution < 1.29 is 24.0 Å². The summed E-state index contributed by atoms with van der Waals surface area (Å²) in [5.74, 6) is -0.785. The molecule has 22 heavy (non-hydrogen) atoms. The smallest absolute Gasteiger partial charge is 0.313 e. The first-order chi connectivity index (χ1) is 10.4. The molecule has 0 spiro atoms. The molecular formula is C14H21ClN3O4+. The van der Waals surface area contributed by atoms with Gasteiger partial charge >= 0.3 is 11.8 Å². The van der Waals surface area contributed by atoms with Crippen molar-refractivity contribution in [3.05, 3.63) is 17.2 Å². The molecule has 7 nitrogen and oxygen atoms in total. The van der Waals surface area contributed by atoms with Crippen LogP contribution in [-0.2, 0) is 9.59 Å². The van der Waals surface area contributed by atoms with Crippen LogP contribution in [0, 0.1) is 0 Å². The fourth-order valence-electron chi connectivity index (χ4n) is 1.64. The number of benzene rings is 1. The van der Waals surface area contributed by atoms with Gasteiger partial charge in [0, 0.05) is 12.1 Å². The van der Waals surface area contributed by atoms with Crippen molar-refractivity contribution in [1.29, 1.82) is 0 Å². The van der Waals surface area contributed by atoms with Gasteiger partial charge in [0.05, 0.1) is 52.1 Å². The Morgan fingerprint density at radius 3 is 2.32 bits per heavy atom. The molecule has 0 atom stereocenters. The van der Waals surface area contributed by atoms with Crippen LogP contribution in [0.1, 0.15) is 0 Å². The number of quaternary nitrogens is 1. The fraction of sp³-hybridized carbons (Fsp3) is 0.429. The van der Waals surface area contributed by atoms with Gasteiger partial charge in [0.15, 0.2) is 0 Å². The standard InChI is InChI=1S/C14H20ClN3O4/c1-18(2)6-5-16-13(19)14(20)17-10-8-11(21-3)9(15)7-12(10)22-4/h7-8H,5-6H2,1-4H3,(H,16,19)(H,17,20)/p+1. The number of hydrogen-bond acceptors (Lipinski definition) is 4. The van der Waals surface area contributed by atoms with Crippen LogP contribution < -0.4 is 25.0 Å². The molecule has 0 bridgehead atoms. The molecule has 0 radical (unpaired) electrons. The molecule has 0 heterocycles. The molecule has 3 N–H and O–H groups in total. The third kappa shape index (κ3) is 5.09. The lowest BCUT2D eigenvalue weighted by molar-refractivity contribution is -0.856. The second-order valence-corrected chi connectivity index (χ2v) is 5.26. The Morgan fingerprint density at radius 2 is 1.77 bits per heavy atom. The highest BCUT2D eigenvalue weighted by atomic mass is 35.5. The molecule has 0 saturated heterocycles. The zero-order valence-corrected chi connectivity index (χ0v) is 13.8. The van der Waals surface area contributed by atoms with E-state index in [2.05, 4.69) is 10.6 Å². The normalized spacial score (nSPS) is 10.3. The van der Waals surface area contributed by atoms with E-state index in [1.165, 1.54) is 31.3 Å². The number of carbonyl (C=O) groups is 2. The molecule has 8 heteroatoms. The summed E-state index contributed by atoms with van der Waals surface area (Å²) in [6, 6.07) is 3.00. The van der Waals surface area contributed by atoms with Gasteiger partial charge in [0.2, 0.25) is 0 Å². The van der Waals surface area contributed by atoms with E-state index in [1.54, 1.807) is 0 Å². The lowest BCUT2D eigenvalue weighted by atomic mass is 10.2. The zero-order chi connectivity index (χ0) is 16.7. The highest BCUT2D eigenvalue weighted by Crippen LogP contribution is 2.35. The maximum absolute atomic E-state index is 11.9. The number of carbonyl (C=O) groups excluding carboxylic acids is 2. The van der Waals surface area contributed by atoms with Gasteiger partial charge in [-0.25, -0.2) is 0 Å². The highest BCUT2D eigenvalue weighted by molar-refractivity contribution is 6.40. The Morgan fingerprint density at radius 1 is 1.14 bits per heavy atom. The quantitative estimate of drug-likeness (QED) is 0.618. The van der Waals surface area contributed by atoms with Crippen molar-refractivity contribution in [2.75, 3.05) is 46.7 Å². The van der Waals surface area contributed by atoms with Gasteiger partial charge in [0.25, 0.3) is 0 Å². The molecule has 1 aromatic rings. The highest BCUT2D eigenvalue weighted by Gasteiger charge is 2.17. The van der Waals surface area contributed by atoms with Crippen LogP contribution in [0.4, 0.5) is 5.69 Å². The van der Waals surface area contributed by atoms with Crippen molar-refractivity contribution in [1.82, 2.24) is 5.32 Å². The van der Waals surface area contributed by atoms with Crippen molar-refractivity contribution in [2.45, 2.75) is 0 Å². The van der Waals surface area contributed by atoms with E-state index < -0.39 is 11.8 Å². The van der Waals surface area contributed by atoms with Gasteiger partial charge in [-0.05, 0) is 0 Å². The average molecular weight is 331 g/mol. The largest absolute Gasteiger partial charge is 0.495 e. The van der Waals surface area contributed by atoms with E-state index in [1.807, 2.05) is 14.1 Å². The number of rotatable bonds is 6. The maximum atomic E-state index is 11.9. The molecular weight excluding hydrogens is 310 g/mol. The molecule has 0 aromatic heterocycles. The molecule has 1 aromatic carbocycles. The molecule has 2 amide bonds. The number of nitrogens with one attached hydrogen (secondary N) is 3. The van der Waals surface area contributed by atoms with E-state index in [-0.39, 0.29) is 0 Å². The predicted molar refractivity (Wildman–Crippen MR) is 83.9 cm³/mol. The van der Waals surface area contributed by atoms with Gasteiger partial charge in [-0.2, -0.15) is 0 Å². The first-order valence-corrected chi connectivity index (χ1v) is 7.06. The van der Waals surface area contributed by atoms with Crippen LogP contribution in [0.15, 0.2) is 12.1 Å². The Hall–Kier alpha value is -1.99. The topological polar surface area (TPSA) is 81.1 Å². The van der Waals surface area contributed by atoms with Crippen LogP contribution in [-0.4, -0.2) is 53.2 Å². The summed E-state index contributed by atoms with van der Waals surface area (Å²) in [6.45, 7) is 1.13. The summed E-state index contributed by atoms with van der Waals surface area (Å²) in [5.41, 5.74) is 0.308. The van der Waals surface area contributed by atoms with Crippen LogP contribution >= 0.6 is 11.6 Å². The minimum Gasteiger partial charge on any atom is -0.495 e. The van der Waals surface area contributed by atoms with E-state index in [0.29, 0.717) is 28.8 Å². The number of likely N-dealkylation sites (N-methyl/N-ethyl adjacent to an activating group) is 1. The SMILES string of the molecule is COc1cc(NC(=O)C(=O)NCC[NH+](C)C)c(OC)cc1Cl. The van der Waals surface area contributed by atoms with Crippen molar-refractivity contribution in [3.8, 4) is 11.5 Å². The lowest BCUT2D eigenvalue weighted by Crippen LogP contribution is -3.06. The van der Waals surface area contributed by atoms with E-state index in [4.69, 9.17) is 21.1 Å². The zero-order valence-electron chi connectivity index (χ0n) is 13.1. The molecule has 0 aliphatic heterocycles. The summed E-state index contributed by atoms with van der Waals surface area (Å²) >= 11 is 5.98. The third-order valence-electron chi connectivity index (χ3n) is 2.84. The summed E-state index contributed by atoms with van der Waals surface area (Å²) in [7, 11) is 6.80. The number of amides is 2. The van der Waals surface area contributed by atoms with Gasteiger partial charge in [-0.1, -0.05) is 11.6 Å². The minimum absolute atomic E-state index is 0.308. The lowest BCUT2D eigenvalue weighted by Gasteiger charge is -2.13. The fourth-order valence-corrected chi connectivity index (χ4v) is 1.87. The number of hydrogen-bond donors (Lipinski definition) is 3. The average Bonchev–Trinajstić information content (AvgIpc) is 2.47. The Labute approximate surface area is 134 Å². The van der Waals surface area contributed by atoms with Crippen LogP contribution in [0.25, 0.3) is 0 Å². The van der Waals surface area contributed by atoms with E-state index >= 15 is 0 Å². The van der Waals surface area contributed by atoms with Gasteiger partial charge in [-0.15, -0.1) is 0 Å². The van der Waals surface area contributed by atoms with Crippen LogP contribution in [0.5, 0.6) is 11.5 Å². The molecule has 122 valence electrons. The maximum Gasteiger partial charge on any atom is 0.313 e.